The number of para-hydroxylation sites is 2. The molecule has 0 amide bonds. The zero-order valence-corrected chi connectivity index (χ0v) is 22.0. The molecule has 1 aliphatic rings. The Hall–Kier alpha value is -3.25. The van der Waals surface area contributed by atoms with E-state index in [-0.39, 0.29) is 17.6 Å². The summed E-state index contributed by atoms with van der Waals surface area (Å²) in [6, 6.07) is 22.7. The van der Waals surface area contributed by atoms with Crippen LogP contribution in [0.25, 0.3) is 11.0 Å². The summed E-state index contributed by atoms with van der Waals surface area (Å²) in [4.78, 5) is 7.17. The topological polar surface area (TPSA) is 30.3 Å². The average Bonchev–Trinajstić information content (AvgIpc) is 3.33. The summed E-state index contributed by atoms with van der Waals surface area (Å²) in [7, 11) is 1.69. The molecule has 0 radical (unpaired) electrons. The van der Waals surface area contributed by atoms with E-state index in [2.05, 4.69) is 20.5 Å². The van der Waals surface area contributed by atoms with Crippen molar-refractivity contribution < 1.29 is 13.5 Å². The van der Waals surface area contributed by atoms with Crippen molar-refractivity contribution in [3.05, 3.63) is 95.6 Å². The van der Waals surface area contributed by atoms with Crippen molar-refractivity contribution in [1.29, 1.82) is 0 Å². The van der Waals surface area contributed by atoms with Crippen molar-refractivity contribution in [2.45, 2.75) is 51.5 Å². The van der Waals surface area contributed by atoms with Crippen molar-refractivity contribution in [3.8, 4) is 6.01 Å². The first-order valence-corrected chi connectivity index (χ1v) is 13.4. The molecule has 6 heteroatoms. The number of nitrogens with zero attached hydrogens (tertiary/aromatic N) is 3. The molecule has 0 aliphatic carbocycles. The van der Waals surface area contributed by atoms with Crippen molar-refractivity contribution >= 4 is 11.0 Å². The van der Waals surface area contributed by atoms with E-state index in [4.69, 9.17) is 4.74 Å². The molecule has 0 unspecified atom stereocenters. The maximum atomic E-state index is 13.5. The molecular weight excluding hydrogens is 468 g/mol. The molecule has 0 atom stereocenters. The van der Waals surface area contributed by atoms with Crippen LogP contribution in [0.4, 0.5) is 8.78 Å². The van der Waals surface area contributed by atoms with Gasteiger partial charge in [-0.15, -0.1) is 0 Å². The number of piperidine rings is 1. The lowest BCUT2D eigenvalue weighted by Gasteiger charge is -2.33. The smallest absolute Gasteiger partial charge is 0.297 e. The van der Waals surface area contributed by atoms with Crippen molar-refractivity contribution in [3.63, 3.8) is 0 Å². The molecule has 2 heterocycles. The van der Waals surface area contributed by atoms with E-state index < -0.39 is 0 Å². The van der Waals surface area contributed by atoms with E-state index in [1.807, 2.05) is 56.3 Å². The van der Waals surface area contributed by atoms with E-state index >= 15 is 0 Å². The van der Waals surface area contributed by atoms with Gasteiger partial charge in [0.2, 0.25) is 0 Å². The summed E-state index contributed by atoms with van der Waals surface area (Å²) in [6.45, 7) is 7.06. The van der Waals surface area contributed by atoms with Crippen LogP contribution in [0.3, 0.4) is 0 Å². The first kappa shape index (κ1) is 26.8. The molecule has 5 rings (SSSR count). The number of halogens is 2. The lowest BCUT2D eigenvalue weighted by Crippen LogP contribution is -2.35. The average molecular weight is 506 g/mol. The van der Waals surface area contributed by atoms with Crippen LogP contribution in [-0.4, -0.2) is 41.2 Å². The van der Waals surface area contributed by atoms with Crippen molar-refractivity contribution in [1.82, 2.24) is 14.5 Å². The monoisotopic (exact) mass is 505 g/mol. The summed E-state index contributed by atoms with van der Waals surface area (Å²) in [6.07, 6.45) is 4.05. The number of rotatable bonds is 8. The second-order valence-corrected chi connectivity index (χ2v) is 9.33. The van der Waals surface area contributed by atoms with Crippen LogP contribution >= 0.6 is 0 Å². The van der Waals surface area contributed by atoms with Crippen LogP contribution in [0.2, 0.25) is 0 Å². The Morgan fingerprint density at radius 3 is 2.00 bits per heavy atom. The Morgan fingerprint density at radius 1 is 0.865 bits per heavy atom. The number of likely N-dealkylation sites (tertiary alicyclic amines) is 1. The molecule has 1 saturated heterocycles. The van der Waals surface area contributed by atoms with Gasteiger partial charge in [0.1, 0.15) is 11.6 Å². The molecule has 0 saturated carbocycles. The van der Waals surface area contributed by atoms with E-state index in [0.717, 1.165) is 67.5 Å². The van der Waals surface area contributed by atoms with Gasteiger partial charge in [-0.05, 0) is 79.8 Å². The summed E-state index contributed by atoms with van der Waals surface area (Å²) in [5, 5.41) is 0. The maximum Gasteiger partial charge on any atom is 0.297 e. The summed E-state index contributed by atoms with van der Waals surface area (Å²) in [5.74, 6) is -0.358. The predicted molar refractivity (Wildman–Crippen MR) is 146 cm³/mol. The number of methoxy groups -OCH3 is 1. The van der Waals surface area contributed by atoms with Gasteiger partial charge in [0, 0.05) is 25.0 Å². The third-order valence-electron chi connectivity index (χ3n) is 7.18. The highest BCUT2D eigenvalue weighted by atomic mass is 19.1. The molecule has 1 aliphatic heterocycles. The van der Waals surface area contributed by atoms with E-state index in [9.17, 15) is 8.78 Å². The minimum Gasteiger partial charge on any atom is -0.468 e. The number of benzene rings is 3. The van der Waals surface area contributed by atoms with Gasteiger partial charge in [0.15, 0.2) is 0 Å². The van der Waals surface area contributed by atoms with Crippen molar-refractivity contribution in [2.24, 2.45) is 0 Å². The molecule has 0 N–H and O–H groups in total. The van der Waals surface area contributed by atoms with Crippen LogP contribution in [0.15, 0.2) is 72.8 Å². The predicted octanol–water partition coefficient (Wildman–Crippen LogP) is 7.60. The fourth-order valence-electron chi connectivity index (χ4n) is 5.36. The van der Waals surface area contributed by atoms with Crippen LogP contribution < -0.4 is 4.74 Å². The highest BCUT2D eigenvalue weighted by Gasteiger charge is 2.25. The number of hydrogen-bond acceptors (Lipinski definition) is 3. The van der Waals surface area contributed by atoms with Gasteiger partial charge in [-0.2, -0.15) is 4.98 Å². The Kier molecular flexibility index (Phi) is 9.29. The number of ether oxygens (including phenoxy) is 1. The highest BCUT2D eigenvalue weighted by Crippen LogP contribution is 2.33. The fourth-order valence-corrected chi connectivity index (χ4v) is 5.36. The molecule has 3 aromatic carbocycles. The van der Waals surface area contributed by atoms with Gasteiger partial charge in [0.05, 0.1) is 18.1 Å². The molecule has 4 aromatic rings. The number of fused-ring (bicyclic) bond motifs is 1. The molecule has 37 heavy (non-hydrogen) atoms. The van der Waals surface area contributed by atoms with Gasteiger partial charge >= 0.3 is 0 Å². The molecule has 1 fully saturated rings. The number of imidazole rings is 1. The van der Waals surface area contributed by atoms with E-state index in [1.54, 1.807) is 7.11 Å². The lowest BCUT2D eigenvalue weighted by atomic mass is 9.87. The van der Waals surface area contributed by atoms with Gasteiger partial charge in [-0.25, -0.2) is 8.78 Å². The number of aromatic nitrogens is 2. The minimum atomic E-state index is -0.239. The second kappa shape index (κ2) is 12.8. The first-order chi connectivity index (χ1) is 18.1. The molecule has 0 spiro atoms. The Labute approximate surface area is 218 Å². The molecular formula is C31H37F2N3O. The molecule has 196 valence electrons. The standard InChI is InChI=1S/C29H31F2N3O.C2H6/c1-35-29-32-27-6-2-3-7-28(27)34(29)25-16-19-33(20-17-25)18-4-5-26(21-8-12-23(30)13-9-21)22-10-14-24(31)15-11-22;1-2/h2-3,6-15,25-26H,4-5,16-20H2,1H3;1-2H3. The second-order valence-electron chi connectivity index (χ2n) is 9.33. The van der Waals surface area contributed by atoms with Crippen LogP contribution in [0.1, 0.15) is 62.6 Å². The summed E-state index contributed by atoms with van der Waals surface area (Å²) >= 11 is 0. The first-order valence-electron chi connectivity index (χ1n) is 13.4. The third-order valence-corrected chi connectivity index (χ3v) is 7.18. The van der Waals surface area contributed by atoms with Crippen LogP contribution in [0.5, 0.6) is 6.01 Å². The molecule has 4 nitrogen and oxygen atoms in total. The van der Waals surface area contributed by atoms with Gasteiger partial charge < -0.3 is 9.64 Å². The summed E-state index contributed by atoms with van der Waals surface area (Å²) in [5.41, 5.74) is 4.23. The van der Waals surface area contributed by atoms with Gasteiger partial charge in [-0.3, -0.25) is 4.57 Å². The quantitative estimate of drug-likeness (QED) is 0.247. The Balaban J connectivity index is 0.00000156. The highest BCUT2D eigenvalue weighted by molar-refractivity contribution is 5.76. The zero-order valence-electron chi connectivity index (χ0n) is 22.0. The van der Waals surface area contributed by atoms with Gasteiger partial charge in [0.25, 0.3) is 6.01 Å². The van der Waals surface area contributed by atoms with Crippen molar-refractivity contribution in [2.75, 3.05) is 26.7 Å². The SMILES string of the molecule is CC.COc1nc2ccccc2n1C1CCN(CCCC(c2ccc(F)cc2)c2ccc(F)cc2)CC1. The number of hydrogen-bond donors (Lipinski definition) is 0. The fraction of sp³-hybridized carbons (Fsp3) is 0.387. The van der Waals surface area contributed by atoms with E-state index in [0.29, 0.717) is 12.1 Å². The lowest BCUT2D eigenvalue weighted by molar-refractivity contribution is 0.178. The maximum absolute atomic E-state index is 13.5. The van der Waals surface area contributed by atoms with Crippen LogP contribution in [-0.2, 0) is 0 Å². The van der Waals surface area contributed by atoms with Crippen LogP contribution in [0, 0.1) is 11.6 Å². The largest absolute Gasteiger partial charge is 0.468 e. The Morgan fingerprint density at radius 2 is 1.43 bits per heavy atom. The minimum absolute atomic E-state index is 0.121. The summed E-state index contributed by atoms with van der Waals surface area (Å²) < 4.78 is 34.8. The van der Waals surface area contributed by atoms with E-state index in [1.165, 1.54) is 24.3 Å². The Bertz CT molecular complexity index is 1200. The zero-order chi connectivity index (χ0) is 26.2. The normalized spacial score (nSPS) is 14.5. The molecule has 0 bridgehead atoms. The third kappa shape index (κ3) is 6.37. The van der Waals surface area contributed by atoms with Gasteiger partial charge in [-0.1, -0.05) is 50.2 Å². The molecule has 1 aromatic heterocycles.